The van der Waals surface area contributed by atoms with E-state index in [2.05, 4.69) is 29.0 Å². The van der Waals surface area contributed by atoms with Crippen LogP contribution in [0.4, 0.5) is 5.69 Å². The van der Waals surface area contributed by atoms with Crippen LogP contribution >= 0.6 is 0 Å². The maximum absolute atomic E-state index is 8.68. The Morgan fingerprint density at radius 1 is 1.40 bits per heavy atom. The van der Waals surface area contributed by atoms with Gasteiger partial charge in [-0.2, -0.15) is 5.26 Å². The van der Waals surface area contributed by atoms with E-state index in [1.165, 1.54) is 10.9 Å². The predicted octanol–water partition coefficient (Wildman–Crippen LogP) is 2.14. The minimum Gasteiger partial charge on any atom is -0.360 e. The summed E-state index contributed by atoms with van der Waals surface area (Å²) in [4.78, 5) is 1.96. The highest BCUT2D eigenvalue weighted by Gasteiger charge is 2.08. The van der Waals surface area contributed by atoms with Gasteiger partial charge in [0.05, 0.1) is 11.8 Å². The molecule has 0 spiro atoms. The smallest absolute Gasteiger partial charge is 0.105 e. The first kappa shape index (κ1) is 9.60. The Bertz CT molecular complexity index is 519. The van der Waals surface area contributed by atoms with Gasteiger partial charge in [0.1, 0.15) is 6.54 Å². The molecule has 0 saturated heterocycles. The number of rotatable bonds is 2. The molecule has 76 valence electrons. The number of hydrogen-bond acceptors (Lipinski definition) is 2. The number of aromatic nitrogens is 1. The van der Waals surface area contributed by atoms with Crippen LogP contribution in [-0.2, 0) is 7.05 Å². The van der Waals surface area contributed by atoms with Crippen molar-refractivity contribution in [1.82, 2.24) is 4.57 Å². The Morgan fingerprint density at radius 3 is 2.87 bits per heavy atom. The van der Waals surface area contributed by atoms with Gasteiger partial charge >= 0.3 is 0 Å². The molecule has 0 atom stereocenters. The molecule has 0 N–H and O–H groups in total. The molecule has 15 heavy (non-hydrogen) atoms. The van der Waals surface area contributed by atoms with Crippen LogP contribution in [0, 0.1) is 11.3 Å². The van der Waals surface area contributed by atoms with E-state index in [1.54, 1.807) is 0 Å². The van der Waals surface area contributed by atoms with Crippen molar-refractivity contribution in [2.45, 2.75) is 0 Å². The van der Waals surface area contributed by atoms with E-state index in [4.69, 9.17) is 5.26 Å². The largest absolute Gasteiger partial charge is 0.360 e. The van der Waals surface area contributed by atoms with Crippen LogP contribution in [0.3, 0.4) is 0 Å². The molecule has 0 bridgehead atoms. The number of hydrogen-bond donors (Lipinski definition) is 0. The molecule has 0 aliphatic carbocycles. The van der Waals surface area contributed by atoms with Gasteiger partial charge in [-0.05, 0) is 6.07 Å². The first-order chi connectivity index (χ1) is 7.24. The van der Waals surface area contributed by atoms with Crippen LogP contribution in [0.25, 0.3) is 10.9 Å². The topological polar surface area (TPSA) is 32.0 Å². The lowest BCUT2D eigenvalue weighted by molar-refractivity contribution is 0.954. The maximum atomic E-state index is 8.68. The third-order valence-corrected chi connectivity index (χ3v) is 2.60. The van der Waals surface area contributed by atoms with Crippen LogP contribution in [0.15, 0.2) is 30.5 Å². The van der Waals surface area contributed by atoms with E-state index >= 15 is 0 Å². The van der Waals surface area contributed by atoms with E-state index < -0.39 is 0 Å². The second kappa shape index (κ2) is 3.66. The molecule has 0 saturated carbocycles. The Hall–Kier alpha value is -1.95. The number of para-hydroxylation sites is 1. The van der Waals surface area contributed by atoms with Crippen LogP contribution in [0.5, 0.6) is 0 Å². The Labute approximate surface area is 89.1 Å². The highest BCUT2D eigenvalue weighted by Crippen LogP contribution is 2.27. The lowest BCUT2D eigenvalue weighted by Gasteiger charge is -2.13. The molecule has 3 nitrogen and oxygen atoms in total. The molecule has 1 heterocycles. The first-order valence-electron chi connectivity index (χ1n) is 4.86. The molecule has 2 rings (SSSR count). The van der Waals surface area contributed by atoms with Crippen molar-refractivity contribution in [2.24, 2.45) is 7.05 Å². The summed E-state index contributed by atoms with van der Waals surface area (Å²) in [5.41, 5.74) is 2.30. The summed E-state index contributed by atoms with van der Waals surface area (Å²) in [5, 5.41) is 9.87. The molecule has 0 fully saturated rings. The second-order valence-corrected chi connectivity index (χ2v) is 3.66. The lowest BCUT2D eigenvalue weighted by atomic mass is 10.2. The van der Waals surface area contributed by atoms with Crippen molar-refractivity contribution in [1.29, 1.82) is 5.26 Å². The molecule has 0 aliphatic heterocycles. The van der Waals surface area contributed by atoms with Crippen molar-refractivity contribution >= 4 is 16.6 Å². The van der Waals surface area contributed by atoms with Crippen molar-refractivity contribution < 1.29 is 0 Å². The number of benzene rings is 1. The summed E-state index contributed by atoms with van der Waals surface area (Å²) < 4.78 is 2.08. The summed E-state index contributed by atoms with van der Waals surface area (Å²) in [7, 11) is 3.96. The van der Waals surface area contributed by atoms with Crippen LogP contribution in [-0.4, -0.2) is 18.2 Å². The highest BCUT2D eigenvalue weighted by molar-refractivity contribution is 5.93. The van der Waals surface area contributed by atoms with Gasteiger partial charge in [0.15, 0.2) is 0 Å². The summed E-state index contributed by atoms with van der Waals surface area (Å²) in [6, 6.07) is 10.4. The molecule has 1 aromatic carbocycles. The molecule has 0 amide bonds. The molecule has 3 heteroatoms. The predicted molar refractivity (Wildman–Crippen MR) is 61.8 cm³/mol. The van der Waals surface area contributed by atoms with Gasteiger partial charge in [-0.1, -0.05) is 18.2 Å². The summed E-state index contributed by atoms with van der Waals surface area (Å²) in [6.45, 7) is 0.411. The maximum Gasteiger partial charge on any atom is 0.105 e. The zero-order valence-corrected chi connectivity index (χ0v) is 8.94. The van der Waals surface area contributed by atoms with Crippen LogP contribution < -0.4 is 4.90 Å². The molecule has 1 aromatic heterocycles. The van der Waals surface area contributed by atoms with E-state index in [1.807, 2.05) is 31.1 Å². The number of nitriles is 1. The second-order valence-electron chi connectivity index (χ2n) is 3.66. The quantitative estimate of drug-likeness (QED) is 0.694. The van der Waals surface area contributed by atoms with Crippen LogP contribution in [0.2, 0.25) is 0 Å². The molecule has 0 unspecified atom stereocenters. The van der Waals surface area contributed by atoms with Crippen LogP contribution in [0.1, 0.15) is 0 Å². The van der Waals surface area contributed by atoms with E-state index in [0.717, 1.165) is 5.69 Å². The van der Waals surface area contributed by atoms with Crippen molar-refractivity contribution in [3.05, 3.63) is 30.5 Å². The lowest BCUT2D eigenvalue weighted by Crippen LogP contribution is -2.16. The van der Waals surface area contributed by atoms with Gasteiger partial charge in [0.2, 0.25) is 0 Å². The number of fused-ring (bicyclic) bond motifs is 1. The van der Waals surface area contributed by atoms with Gasteiger partial charge in [-0.3, -0.25) is 0 Å². The first-order valence-corrected chi connectivity index (χ1v) is 4.86. The standard InChI is InChI=1S/C12H13N3/c1-14(8-7-13)12-9-15(2)11-6-4-3-5-10(11)12/h3-6,9H,8H2,1-2H3. The van der Waals surface area contributed by atoms with Gasteiger partial charge in [-0.15, -0.1) is 0 Å². The fourth-order valence-corrected chi connectivity index (χ4v) is 1.82. The zero-order chi connectivity index (χ0) is 10.8. The minimum absolute atomic E-state index is 0.411. The average molecular weight is 199 g/mol. The monoisotopic (exact) mass is 199 g/mol. The SMILES string of the molecule is CN(CC#N)c1cn(C)c2ccccc12. The number of anilines is 1. The number of aryl methyl sites for hydroxylation is 1. The van der Waals surface area contributed by atoms with Gasteiger partial charge < -0.3 is 9.47 Å². The molecule has 0 aliphatic rings. The fraction of sp³-hybridized carbons (Fsp3) is 0.250. The van der Waals surface area contributed by atoms with Gasteiger partial charge in [-0.25, -0.2) is 0 Å². The fourth-order valence-electron chi connectivity index (χ4n) is 1.82. The Kier molecular flexibility index (Phi) is 2.34. The molecule has 0 radical (unpaired) electrons. The minimum atomic E-state index is 0.411. The molecular formula is C12H13N3. The molecule has 2 aromatic rings. The van der Waals surface area contributed by atoms with Crippen molar-refractivity contribution in [3.63, 3.8) is 0 Å². The summed E-state index contributed by atoms with van der Waals surface area (Å²) >= 11 is 0. The van der Waals surface area contributed by atoms with E-state index in [9.17, 15) is 0 Å². The van der Waals surface area contributed by atoms with E-state index in [0.29, 0.717) is 6.54 Å². The van der Waals surface area contributed by atoms with Crippen molar-refractivity contribution in [3.8, 4) is 6.07 Å². The summed E-state index contributed by atoms with van der Waals surface area (Å²) in [6.07, 6.45) is 2.06. The van der Waals surface area contributed by atoms with Crippen molar-refractivity contribution in [2.75, 3.05) is 18.5 Å². The number of nitrogens with zero attached hydrogens (tertiary/aromatic N) is 3. The van der Waals surface area contributed by atoms with Gasteiger partial charge in [0.25, 0.3) is 0 Å². The Morgan fingerprint density at radius 2 is 2.13 bits per heavy atom. The third kappa shape index (κ3) is 1.55. The van der Waals surface area contributed by atoms with E-state index in [-0.39, 0.29) is 0 Å². The molecular weight excluding hydrogens is 186 g/mol. The Balaban J connectivity index is 2.58. The average Bonchev–Trinajstić information content (AvgIpc) is 2.58. The summed E-state index contributed by atoms with van der Waals surface area (Å²) in [5.74, 6) is 0. The third-order valence-electron chi connectivity index (χ3n) is 2.60. The highest BCUT2D eigenvalue weighted by atomic mass is 15.1. The normalized spacial score (nSPS) is 10.2. The van der Waals surface area contributed by atoms with Gasteiger partial charge in [0, 0.05) is 31.2 Å². The zero-order valence-electron chi connectivity index (χ0n) is 8.94.